The lowest BCUT2D eigenvalue weighted by Gasteiger charge is -2.02. The highest BCUT2D eigenvalue weighted by atomic mass is 15.1. The minimum Gasteiger partial charge on any atom is -0.327 e. The molecular formula is C15H14N2. The lowest BCUT2D eigenvalue weighted by Crippen LogP contribution is -1.95. The Morgan fingerprint density at radius 2 is 2.18 bits per heavy atom. The number of allylic oxidation sites excluding steroid dienone is 4. The van der Waals surface area contributed by atoms with Crippen LogP contribution in [0.3, 0.4) is 0 Å². The Kier molecular flexibility index (Phi) is 3.11. The average Bonchev–Trinajstić information content (AvgIpc) is 2.69. The van der Waals surface area contributed by atoms with Crippen LogP contribution in [-0.2, 0) is 7.05 Å². The quantitative estimate of drug-likeness (QED) is 0.563. The van der Waals surface area contributed by atoms with Gasteiger partial charge in [-0.15, -0.1) is 6.42 Å². The molecule has 0 aliphatic heterocycles. The van der Waals surface area contributed by atoms with Crippen LogP contribution in [0.4, 0.5) is 0 Å². The van der Waals surface area contributed by atoms with Crippen LogP contribution in [0.5, 0.6) is 0 Å². The van der Waals surface area contributed by atoms with Crippen LogP contribution in [0, 0.1) is 12.3 Å². The molecule has 1 heterocycles. The smallest absolute Gasteiger partial charge is 0.140 e. The standard InChI is InChI=1S/C15H14N2/c1-4-6-9-12(5-2)15-16-13-10-7-8-11-14(13)17(15)3/h1,5-11H,2-3H3. The zero-order valence-corrected chi connectivity index (χ0v) is 10.0. The molecule has 0 N–H and O–H groups in total. The maximum absolute atomic E-state index is 5.23. The molecule has 0 radical (unpaired) electrons. The zero-order chi connectivity index (χ0) is 12.3. The summed E-state index contributed by atoms with van der Waals surface area (Å²) in [4.78, 5) is 4.61. The molecule has 0 aliphatic carbocycles. The number of nitrogens with zero attached hydrogens (tertiary/aromatic N) is 2. The van der Waals surface area contributed by atoms with E-state index in [4.69, 9.17) is 6.42 Å². The van der Waals surface area contributed by atoms with Crippen molar-refractivity contribution in [3.05, 3.63) is 48.3 Å². The molecule has 17 heavy (non-hydrogen) atoms. The van der Waals surface area contributed by atoms with Crippen LogP contribution in [0.15, 0.2) is 42.5 Å². The van der Waals surface area contributed by atoms with Gasteiger partial charge in [0.15, 0.2) is 0 Å². The molecule has 2 nitrogen and oxygen atoms in total. The Morgan fingerprint density at radius 1 is 1.41 bits per heavy atom. The largest absolute Gasteiger partial charge is 0.327 e. The summed E-state index contributed by atoms with van der Waals surface area (Å²) in [5, 5.41) is 0. The number of aromatic nitrogens is 2. The molecule has 0 saturated carbocycles. The van der Waals surface area contributed by atoms with Crippen molar-refractivity contribution in [3.63, 3.8) is 0 Å². The maximum Gasteiger partial charge on any atom is 0.140 e. The molecule has 1 aromatic heterocycles. The highest BCUT2D eigenvalue weighted by Crippen LogP contribution is 2.20. The van der Waals surface area contributed by atoms with E-state index in [1.807, 2.05) is 44.3 Å². The maximum atomic E-state index is 5.23. The van der Waals surface area contributed by atoms with Crippen molar-refractivity contribution in [1.29, 1.82) is 0 Å². The first kappa shape index (κ1) is 11.2. The first-order valence-corrected chi connectivity index (χ1v) is 5.48. The molecule has 0 spiro atoms. The molecule has 0 atom stereocenters. The zero-order valence-electron chi connectivity index (χ0n) is 10.0. The van der Waals surface area contributed by atoms with E-state index in [0.29, 0.717) is 0 Å². The predicted molar refractivity (Wildman–Crippen MR) is 72.3 cm³/mol. The Labute approximate surface area is 101 Å². The van der Waals surface area contributed by atoms with Crippen LogP contribution in [0.2, 0.25) is 0 Å². The first-order chi connectivity index (χ1) is 8.27. The molecular weight excluding hydrogens is 208 g/mol. The van der Waals surface area contributed by atoms with Crippen molar-refractivity contribution in [1.82, 2.24) is 9.55 Å². The number of hydrogen-bond donors (Lipinski definition) is 0. The summed E-state index contributed by atoms with van der Waals surface area (Å²) in [7, 11) is 2.01. The van der Waals surface area contributed by atoms with E-state index in [-0.39, 0.29) is 0 Å². The minimum absolute atomic E-state index is 0.931. The summed E-state index contributed by atoms with van der Waals surface area (Å²) in [5.74, 6) is 3.43. The van der Waals surface area contributed by atoms with E-state index in [9.17, 15) is 0 Å². The molecule has 2 rings (SSSR count). The van der Waals surface area contributed by atoms with Gasteiger partial charge in [0.05, 0.1) is 11.0 Å². The van der Waals surface area contributed by atoms with Crippen molar-refractivity contribution < 1.29 is 0 Å². The van der Waals surface area contributed by atoms with E-state index in [2.05, 4.69) is 21.5 Å². The van der Waals surface area contributed by atoms with Crippen LogP contribution in [0.25, 0.3) is 16.6 Å². The molecule has 2 heteroatoms. The van der Waals surface area contributed by atoms with Crippen molar-refractivity contribution in [2.45, 2.75) is 6.92 Å². The SMILES string of the molecule is C#CC=CC(=CC)c1nc2ccccc2n1C. The van der Waals surface area contributed by atoms with Gasteiger partial charge in [-0.05, 0) is 31.2 Å². The van der Waals surface area contributed by atoms with E-state index in [1.165, 1.54) is 0 Å². The fourth-order valence-corrected chi connectivity index (χ4v) is 1.84. The van der Waals surface area contributed by atoms with Gasteiger partial charge in [-0.25, -0.2) is 4.98 Å². The van der Waals surface area contributed by atoms with E-state index < -0.39 is 0 Å². The number of rotatable bonds is 2. The van der Waals surface area contributed by atoms with Gasteiger partial charge in [-0.2, -0.15) is 0 Å². The topological polar surface area (TPSA) is 17.8 Å². The number of imidazole rings is 1. The summed E-state index contributed by atoms with van der Waals surface area (Å²) in [6.07, 6.45) is 10.8. The number of benzene rings is 1. The van der Waals surface area contributed by atoms with Crippen molar-refractivity contribution in [2.24, 2.45) is 7.05 Å². The lowest BCUT2D eigenvalue weighted by atomic mass is 10.2. The third kappa shape index (κ3) is 2.00. The normalized spacial score (nSPS) is 12.2. The number of para-hydroxylation sites is 2. The molecule has 84 valence electrons. The Balaban J connectivity index is 2.60. The number of aryl methyl sites for hydroxylation is 1. The number of hydrogen-bond acceptors (Lipinski definition) is 1. The fraction of sp³-hybridized carbons (Fsp3) is 0.133. The highest BCUT2D eigenvalue weighted by molar-refractivity contribution is 5.82. The summed E-state index contributed by atoms with van der Waals surface area (Å²) in [6.45, 7) is 1.98. The number of terminal acetylenes is 1. The molecule has 0 amide bonds. The fourth-order valence-electron chi connectivity index (χ4n) is 1.84. The second-order valence-electron chi connectivity index (χ2n) is 3.73. The molecule has 0 bridgehead atoms. The minimum atomic E-state index is 0.931. The monoisotopic (exact) mass is 222 g/mol. The third-order valence-corrected chi connectivity index (χ3v) is 2.72. The summed E-state index contributed by atoms with van der Waals surface area (Å²) < 4.78 is 2.07. The predicted octanol–water partition coefficient (Wildman–Crippen LogP) is 3.17. The van der Waals surface area contributed by atoms with Crippen LogP contribution >= 0.6 is 0 Å². The summed E-state index contributed by atoms with van der Waals surface area (Å²) in [6, 6.07) is 8.08. The first-order valence-electron chi connectivity index (χ1n) is 5.48. The molecule has 1 aromatic carbocycles. The van der Waals surface area contributed by atoms with Crippen LogP contribution in [-0.4, -0.2) is 9.55 Å². The Hall–Kier alpha value is -2.27. The summed E-state index contributed by atoms with van der Waals surface area (Å²) >= 11 is 0. The molecule has 0 unspecified atom stereocenters. The van der Waals surface area contributed by atoms with Gasteiger partial charge in [-0.1, -0.05) is 24.1 Å². The molecule has 0 saturated heterocycles. The third-order valence-electron chi connectivity index (χ3n) is 2.72. The van der Waals surface area contributed by atoms with Crippen molar-refractivity contribution >= 4 is 16.6 Å². The van der Waals surface area contributed by atoms with Crippen molar-refractivity contribution in [3.8, 4) is 12.3 Å². The van der Waals surface area contributed by atoms with Gasteiger partial charge in [0, 0.05) is 12.6 Å². The van der Waals surface area contributed by atoms with Gasteiger partial charge in [0.1, 0.15) is 5.82 Å². The van der Waals surface area contributed by atoms with Crippen molar-refractivity contribution in [2.75, 3.05) is 0 Å². The van der Waals surface area contributed by atoms with Crippen LogP contribution < -0.4 is 0 Å². The van der Waals surface area contributed by atoms with Gasteiger partial charge >= 0.3 is 0 Å². The highest BCUT2D eigenvalue weighted by Gasteiger charge is 2.08. The van der Waals surface area contributed by atoms with Gasteiger partial charge < -0.3 is 4.57 Å². The van der Waals surface area contributed by atoms with Gasteiger partial charge in [-0.3, -0.25) is 0 Å². The second kappa shape index (κ2) is 4.71. The summed E-state index contributed by atoms with van der Waals surface area (Å²) in [5.41, 5.74) is 3.15. The Bertz CT molecular complexity index is 636. The molecule has 2 aromatic rings. The van der Waals surface area contributed by atoms with E-state index in [1.54, 1.807) is 6.08 Å². The van der Waals surface area contributed by atoms with E-state index >= 15 is 0 Å². The second-order valence-corrected chi connectivity index (χ2v) is 3.73. The number of fused-ring (bicyclic) bond motifs is 1. The Morgan fingerprint density at radius 3 is 2.82 bits per heavy atom. The van der Waals surface area contributed by atoms with Gasteiger partial charge in [0.25, 0.3) is 0 Å². The molecule has 0 aliphatic rings. The van der Waals surface area contributed by atoms with Gasteiger partial charge in [0.2, 0.25) is 0 Å². The van der Waals surface area contributed by atoms with E-state index in [0.717, 1.165) is 22.4 Å². The lowest BCUT2D eigenvalue weighted by molar-refractivity contribution is 0.923. The molecule has 0 fully saturated rings. The average molecular weight is 222 g/mol. The van der Waals surface area contributed by atoms with Crippen LogP contribution in [0.1, 0.15) is 12.7 Å².